The molecule has 0 saturated heterocycles. The molecule has 0 aliphatic heterocycles. The summed E-state index contributed by atoms with van der Waals surface area (Å²) in [6.07, 6.45) is 0. The van der Waals surface area contributed by atoms with Crippen LogP contribution >= 0.6 is 12.4 Å². The highest BCUT2D eigenvalue weighted by Crippen LogP contribution is 2.02. The lowest BCUT2D eigenvalue weighted by Crippen LogP contribution is -1.56. The Morgan fingerprint density at radius 3 is 1.70 bits per heavy atom. The van der Waals surface area contributed by atoms with E-state index in [4.69, 9.17) is 5.11 Å². The second kappa shape index (κ2) is 9.08. The van der Waals surface area contributed by atoms with Crippen molar-refractivity contribution in [1.82, 2.24) is 0 Å². The van der Waals surface area contributed by atoms with E-state index in [-0.39, 0.29) is 12.4 Å². The Morgan fingerprint density at radius 1 is 1.10 bits per heavy atom. The topological polar surface area (TPSA) is 20.2 Å². The predicted molar refractivity (Wildman–Crippen MR) is 47.0 cm³/mol. The molecule has 10 heavy (non-hydrogen) atoms. The van der Waals surface area contributed by atoms with Gasteiger partial charge in [0, 0.05) is 0 Å². The van der Waals surface area contributed by atoms with Gasteiger partial charge in [-0.1, -0.05) is 18.2 Å². The number of phenolic OH excluding ortho intramolecular Hbond substituents is 1. The van der Waals surface area contributed by atoms with Gasteiger partial charge >= 0.3 is 21.7 Å². The Hall–Kier alpha value is 0.0762. The first-order valence-corrected chi connectivity index (χ1v) is 4.26. The molecule has 0 fully saturated rings. The summed E-state index contributed by atoms with van der Waals surface area (Å²) < 4.78 is 0. The molecule has 0 spiro atoms. The fraction of sp³-hybridized carbons (Fsp3) is 0.143. The van der Waals surface area contributed by atoms with Gasteiger partial charge in [-0.05, 0) is 12.1 Å². The minimum absolute atomic E-state index is 0. The van der Waals surface area contributed by atoms with Crippen LogP contribution in [-0.2, 0) is 0 Å². The van der Waals surface area contributed by atoms with E-state index in [2.05, 4.69) is 0 Å². The molecule has 0 unspecified atom stereocenters. The Kier molecular flexibility index (Phi) is 11.6. The van der Waals surface area contributed by atoms with E-state index in [0.29, 0.717) is 5.75 Å². The van der Waals surface area contributed by atoms with Crippen molar-refractivity contribution in [2.75, 3.05) is 0 Å². The number of halogens is 1. The first kappa shape index (κ1) is 12.7. The van der Waals surface area contributed by atoms with Crippen molar-refractivity contribution in [2.45, 2.75) is 5.05 Å². The molecule has 3 heteroatoms. The van der Waals surface area contributed by atoms with Crippen LogP contribution in [0.15, 0.2) is 30.3 Å². The molecule has 1 rings (SSSR count). The maximum atomic E-state index is 8.63. The van der Waals surface area contributed by atoms with Gasteiger partial charge < -0.3 is 5.11 Å². The standard InChI is InChI=1S/C6H6O.CH3.ClH.Mg/c7-6-4-2-1-3-5-6;;;/h1-5,7H;1H3;1H;/q;;;+2. The van der Waals surface area contributed by atoms with E-state index in [1.165, 1.54) is 0 Å². The second-order valence-corrected chi connectivity index (χ2v) is 1.34. The average Bonchev–Trinajstić information content (AvgIpc) is 1.94. The average molecular weight is 170 g/mol. The van der Waals surface area contributed by atoms with Gasteiger partial charge in [-0.15, -0.1) is 12.4 Å². The summed E-state index contributed by atoms with van der Waals surface area (Å²) in [4.78, 5) is 0. The first-order chi connectivity index (χ1) is 4.39. The molecule has 0 aliphatic carbocycles. The Bertz CT molecular complexity index is 144. The molecule has 0 heterocycles. The van der Waals surface area contributed by atoms with Gasteiger partial charge in [-0.25, -0.2) is 0 Å². The molecule has 0 aromatic heterocycles. The molecule has 0 amide bonds. The molecule has 1 nitrogen and oxygen atoms in total. The SMILES string of the molecule is Cl.Oc1ccccc1.[CH3][Mg+2]. The number of phenols is 1. The molecular formula is C7H10ClMgO+2. The summed E-state index contributed by atoms with van der Waals surface area (Å²) in [5.74, 6) is 0.322. The van der Waals surface area contributed by atoms with Crippen molar-refractivity contribution in [3.05, 3.63) is 30.3 Å². The van der Waals surface area contributed by atoms with Crippen molar-refractivity contribution < 1.29 is 5.11 Å². The smallest absolute Gasteiger partial charge is 0.508 e. The van der Waals surface area contributed by atoms with E-state index in [1.807, 2.05) is 32.8 Å². The van der Waals surface area contributed by atoms with Crippen LogP contribution < -0.4 is 0 Å². The van der Waals surface area contributed by atoms with Crippen LogP contribution in [0.5, 0.6) is 5.75 Å². The highest BCUT2D eigenvalue weighted by molar-refractivity contribution is 6.05. The number of benzene rings is 1. The minimum Gasteiger partial charge on any atom is -0.508 e. The zero-order chi connectivity index (χ0) is 7.11. The molecule has 1 N–H and O–H groups in total. The van der Waals surface area contributed by atoms with Crippen molar-refractivity contribution in [1.29, 1.82) is 0 Å². The van der Waals surface area contributed by atoms with E-state index in [0.717, 1.165) is 0 Å². The number of aromatic hydroxyl groups is 1. The summed E-state index contributed by atoms with van der Waals surface area (Å²) in [6.45, 7) is 0. The summed E-state index contributed by atoms with van der Waals surface area (Å²) >= 11 is 1.86. The molecule has 1 aromatic carbocycles. The monoisotopic (exact) mass is 169 g/mol. The van der Waals surface area contributed by atoms with Gasteiger partial charge in [-0.3, -0.25) is 0 Å². The number of para-hydroxylation sites is 1. The van der Waals surface area contributed by atoms with Crippen molar-refractivity contribution >= 4 is 34.1 Å². The molecule has 1 aromatic rings. The summed E-state index contributed by atoms with van der Waals surface area (Å²) in [5, 5.41) is 10.7. The fourth-order valence-corrected chi connectivity index (χ4v) is 0.428. The minimum atomic E-state index is 0. The summed E-state index contributed by atoms with van der Waals surface area (Å²) in [6, 6.07) is 8.71. The molecule has 0 bridgehead atoms. The molecule has 7 radical (unpaired) electrons. The molecule has 0 aliphatic rings. The van der Waals surface area contributed by atoms with E-state index in [1.54, 1.807) is 24.3 Å². The number of rotatable bonds is 0. The number of hydrogen-bond acceptors (Lipinski definition) is 1. The van der Waals surface area contributed by atoms with Crippen LogP contribution in [0.3, 0.4) is 0 Å². The highest BCUT2D eigenvalue weighted by Gasteiger charge is 1.99. The fourth-order valence-electron chi connectivity index (χ4n) is 0.428. The van der Waals surface area contributed by atoms with Gasteiger partial charge in [0.15, 0.2) is 0 Å². The van der Waals surface area contributed by atoms with Crippen LogP contribution in [-0.4, -0.2) is 26.8 Å². The zero-order valence-electron chi connectivity index (χ0n) is 5.95. The number of hydrogen-bond donors (Lipinski definition) is 1. The third kappa shape index (κ3) is 6.20. The molecule has 0 atom stereocenters. The third-order valence-electron chi connectivity index (χ3n) is 0.756. The lowest BCUT2D eigenvalue weighted by Gasteiger charge is -1.82. The van der Waals surface area contributed by atoms with Crippen LogP contribution in [0.1, 0.15) is 0 Å². The maximum absolute atomic E-state index is 8.63. The van der Waals surface area contributed by atoms with Crippen molar-refractivity contribution in [3.8, 4) is 5.75 Å². The zero-order valence-corrected chi connectivity index (χ0v) is 8.18. The largest absolute Gasteiger partial charge is 1.41 e. The Morgan fingerprint density at radius 2 is 1.50 bits per heavy atom. The molecule has 51 valence electrons. The lowest BCUT2D eigenvalue weighted by molar-refractivity contribution is 0.475. The van der Waals surface area contributed by atoms with Gasteiger partial charge in [0.25, 0.3) is 5.05 Å². The highest BCUT2D eigenvalue weighted by atomic mass is 35.5. The summed E-state index contributed by atoms with van der Waals surface area (Å²) in [7, 11) is 0. The Labute approximate surface area is 80.3 Å². The van der Waals surface area contributed by atoms with Gasteiger partial charge in [-0.2, -0.15) is 0 Å². The maximum Gasteiger partial charge on any atom is 1.41 e. The van der Waals surface area contributed by atoms with E-state index in [9.17, 15) is 0 Å². The lowest BCUT2D eigenvalue weighted by atomic mass is 10.3. The van der Waals surface area contributed by atoms with Crippen LogP contribution in [0.2, 0.25) is 5.05 Å². The summed E-state index contributed by atoms with van der Waals surface area (Å²) in [5.41, 5.74) is 0. The van der Waals surface area contributed by atoms with Gasteiger partial charge in [0.05, 0.1) is 0 Å². The normalized spacial score (nSPS) is 6.60. The van der Waals surface area contributed by atoms with Gasteiger partial charge in [0.2, 0.25) is 0 Å². The van der Waals surface area contributed by atoms with Crippen LogP contribution in [0, 0.1) is 0 Å². The van der Waals surface area contributed by atoms with Crippen molar-refractivity contribution in [3.63, 3.8) is 0 Å². The van der Waals surface area contributed by atoms with Crippen LogP contribution in [0.25, 0.3) is 0 Å². The van der Waals surface area contributed by atoms with Crippen molar-refractivity contribution in [2.24, 2.45) is 0 Å². The van der Waals surface area contributed by atoms with Gasteiger partial charge in [0.1, 0.15) is 5.75 Å². The van der Waals surface area contributed by atoms with E-state index >= 15 is 0 Å². The molecular weight excluding hydrogens is 160 g/mol. The molecule has 0 saturated carbocycles. The third-order valence-corrected chi connectivity index (χ3v) is 0.756. The van der Waals surface area contributed by atoms with Crippen LogP contribution in [0.4, 0.5) is 0 Å². The Balaban J connectivity index is 0. The van der Waals surface area contributed by atoms with E-state index < -0.39 is 0 Å². The quantitative estimate of drug-likeness (QED) is 0.590. The second-order valence-electron chi connectivity index (χ2n) is 1.34. The first-order valence-electron chi connectivity index (χ1n) is 2.84. The predicted octanol–water partition coefficient (Wildman–Crippen LogP) is 2.02.